The van der Waals surface area contributed by atoms with Gasteiger partial charge in [-0.05, 0) is 31.5 Å². The summed E-state index contributed by atoms with van der Waals surface area (Å²) in [6, 6.07) is 6.72. The molecule has 5 nitrogen and oxygen atoms in total. The number of amides is 1. The fraction of sp³-hybridized carbons (Fsp3) is 0.333. The van der Waals surface area contributed by atoms with Crippen LogP contribution in [0.2, 0.25) is 0 Å². The Hall–Kier alpha value is -1.88. The number of primary amides is 1. The van der Waals surface area contributed by atoms with E-state index >= 15 is 0 Å². The van der Waals surface area contributed by atoms with Gasteiger partial charge in [-0.25, -0.2) is 0 Å². The van der Waals surface area contributed by atoms with Crippen molar-refractivity contribution in [2.75, 3.05) is 0 Å². The normalized spacial score (nSPS) is 11.2. The highest BCUT2D eigenvalue weighted by molar-refractivity contribution is 5.92. The quantitative estimate of drug-likeness (QED) is 0.703. The minimum atomic E-state index is -0.984. The number of benzene rings is 1. The van der Waals surface area contributed by atoms with Crippen LogP contribution in [0, 0.1) is 0 Å². The zero-order chi connectivity index (χ0) is 13.1. The molecular formula is C12H16N2O3. The van der Waals surface area contributed by atoms with E-state index in [0.717, 1.165) is 5.56 Å². The number of hydrogen-bond donors (Lipinski definition) is 3. The fourth-order valence-corrected chi connectivity index (χ4v) is 1.19. The van der Waals surface area contributed by atoms with E-state index in [4.69, 9.17) is 10.8 Å². The topological polar surface area (TPSA) is 92.4 Å². The maximum Gasteiger partial charge on any atom is 0.323 e. The average Bonchev–Trinajstić information content (AvgIpc) is 2.27. The van der Waals surface area contributed by atoms with Gasteiger partial charge in [0.25, 0.3) is 0 Å². The van der Waals surface area contributed by atoms with Crippen molar-refractivity contribution in [2.45, 2.75) is 25.9 Å². The molecule has 0 aliphatic rings. The van der Waals surface area contributed by atoms with Gasteiger partial charge in [0, 0.05) is 12.1 Å². The first kappa shape index (κ1) is 13.2. The van der Waals surface area contributed by atoms with Crippen LogP contribution < -0.4 is 11.1 Å². The van der Waals surface area contributed by atoms with E-state index in [0.29, 0.717) is 12.1 Å². The molecule has 0 spiro atoms. The Balaban J connectivity index is 2.65. The second kappa shape index (κ2) is 4.97. The Morgan fingerprint density at radius 1 is 1.29 bits per heavy atom. The van der Waals surface area contributed by atoms with Gasteiger partial charge in [0.15, 0.2) is 0 Å². The molecule has 0 unspecified atom stereocenters. The molecule has 0 aliphatic carbocycles. The van der Waals surface area contributed by atoms with Crippen LogP contribution in [0.15, 0.2) is 24.3 Å². The molecule has 0 heterocycles. The summed E-state index contributed by atoms with van der Waals surface area (Å²) in [6.45, 7) is 3.60. The Kier molecular flexibility index (Phi) is 3.85. The maximum absolute atomic E-state index is 10.9. The molecule has 0 aromatic heterocycles. The van der Waals surface area contributed by atoms with Crippen molar-refractivity contribution in [1.29, 1.82) is 0 Å². The molecule has 0 fully saturated rings. The number of carboxylic acids is 1. The lowest BCUT2D eigenvalue weighted by Crippen LogP contribution is -2.46. The Morgan fingerprint density at radius 3 is 2.24 bits per heavy atom. The standard InChI is InChI=1S/C12H16N2O3/c1-12(2,11(16)17)14-7-8-3-5-9(6-4-8)10(13)15/h3-6,14H,7H2,1-2H3,(H2,13,15)(H,16,17). The van der Waals surface area contributed by atoms with Gasteiger partial charge in [0.05, 0.1) is 0 Å². The number of rotatable bonds is 5. The number of hydrogen-bond acceptors (Lipinski definition) is 3. The van der Waals surface area contributed by atoms with E-state index in [2.05, 4.69) is 5.32 Å². The van der Waals surface area contributed by atoms with Crippen molar-refractivity contribution in [3.63, 3.8) is 0 Å². The third kappa shape index (κ3) is 3.57. The van der Waals surface area contributed by atoms with Gasteiger partial charge in [-0.3, -0.25) is 14.9 Å². The zero-order valence-electron chi connectivity index (χ0n) is 9.86. The van der Waals surface area contributed by atoms with Gasteiger partial charge >= 0.3 is 5.97 Å². The van der Waals surface area contributed by atoms with Crippen molar-refractivity contribution in [3.05, 3.63) is 35.4 Å². The first-order valence-electron chi connectivity index (χ1n) is 5.20. The first-order chi connectivity index (χ1) is 7.83. The van der Waals surface area contributed by atoms with Crippen LogP contribution in [-0.2, 0) is 11.3 Å². The summed E-state index contributed by atoms with van der Waals surface area (Å²) in [7, 11) is 0. The molecule has 0 aliphatic heterocycles. The molecule has 1 aromatic rings. The summed E-state index contributed by atoms with van der Waals surface area (Å²) < 4.78 is 0. The summed E-state index contributed by atoms with van der Waals surface area (Å²) in [5.74, 6) is -1.39. The minimum absolute atomic E-state index is 0.415. The summed E-state index contributed by atoms with van der Waals surface area (Å²) >= 11 is 0. The smallest absolute Gasteiger partial charge is 0.323 e. The van der Waals surface area contributed by atoms with Crippen LogP contribution in [0.1, 0.15) is 29.8 Å². The first-order valence-corrected chi connectivity index (χ1v) is 5.20. The Morgan fingerprint density at radius 2 is 1.82 bits per heavy atom. The van der Waals surface area contributed by atoms with E-state index in [1.165, 1.54) is 0 Å². The predicted molar refractivity (Wildman–Crippen MR) is 63.5 cm³/mol. The molecule has 4 N–H and O–H groups in total. The summed E-state index contributed by atoms with van der Waals surface area (Å²) in [4.78, 5) is 21.7. The van der Waals surface area contributed by atoms with Crippen molar-refractivity contribution in [2.24, 2.45) is 5.73 Å². The molecular weight excluding hydrogens is 220 g/mol. The lowest BCUT2D eigenvalue weighted by molar-refractivity contribution is -0.143. The minimum Gasteiger partial charge on any atom is -0.480 e. The lowest BCUT2D eigenvalue weighted by Gasteiger charge is -2.21. The largest absolute Gasteiger partial charge is 0.480 e. The molecule has 0 atom stereocenters. The highest BCUT2D eigenvalue weighted by atomic mass is 16.4. The van der Waals surface area contributed by atoms with Gasteiger partial charge in [-0.1, -0.05) is 12.1 Å². The Bertz CT molecular complexity index is 424. The predicted octanol–water partition coefficient (Wildman–Crippen LogP) is 0.738. The SMILES string of the molecule is CC(C)(NCc1ccc(C(N)=O)cc1)C(=O)O. The molecule has 17 heavy (non-hydrogen) atoms. The molecule has 0 saturated heterocycles. The third-order valence-corrected chi connectivity index (χ3v) is 2.51. The number of carbonyl (C=O) groups excluding carboxylic acids is 1. The molecule has 1 rings (SSSR count). The summed E-state index contributed by atoms with van der Waals surface area (Å²) in [6.07, 6.45) is 0. The van der Waals surface area contributed by atoms with Crippen LogP contribution in [-0.4, -0.2) is 22.5 Å². The van der Waals surface area contributed by atoms with Gasteiger partial charge in [-0.2, -0.15) is 0 Å². The Labute approximate surface area is 99.6 Å². The molecule has 0 saturated carbocycles. The van der Waals surface area contributed by atoms with Crippen molar-refractivity contribution in [1.82, 2.24) is 5.32 Å². The maximum atomic E-state index is 10.9. The van der Waals surface area contributed by atoms with E-state index in [9.17, 15) is 9.59 Å². The van der Waals surface area contributed by atoms with E-state index in [-0.39, 0.29) is 0 Å². The van der Waals surface area contributed by atoms with E-state index in [1.54, 1.807) is 38.1 Å². The third-order valence-electron chi connectivity index (χ3n) is 2.51. The molecule has 1 aromatic carbocycles. The highest BCUT2D eigenvalue weighted by Crippen LogP contribution is 2.07. The second-order valence-electron chi connectivity index (χ2n) is 4.34. The van der Waals surface area contributed by atoms with E-state index < -0.39 is 17.4 Å². The lowest BCUT2D eigenvalue weighted by atomic mass is 10.1. The number of nitrogens with one attached hydrogen (secondary N) is 1. The number of carboxylic acid groups (broad SMARTS) is 1. The summed E-state index contributed by atoms with van der Waals surface area (Å²) in [5.41, 5.74) is 5.46. The van der Waals surface area contributed by atoms with Gasteiger partial charge in [0.1, 0.15) is 5.54 Å². The van der Waals surface area contributed by atoms with Crippen LogP contribution in [0.4, 0.5) is 0 Å². The van der Waals surface area contributed by atoms with Gasteiger partial charge in [-0.15, -0.1) is 0 Å². The fourth-order valence-electron chi connectivity index (χ4n) is 1.19. The number of nitrogens with two attached hydrogens (primary N) is 1. The monoisotopic (exact) mass is 236 g/mol. The van der Waals surface area contributed by atoms with Crippen molar-refractivity contribution < 1.29 is 14.7 Å². The van der Waals surface area contributed by atoms with Crippen LogP contribution in [0.25, 0.3) is 0 Å². The summed E-state index contributed by atoms with van der Waals surface area (Å²) in [5, 5.41) is 11.8. The molecule has 1 amide bonds. The van der Waals surface area contributed by atoms with Crippen molar-refractivity contribution in [3.8, 4) is 0 Å². The van der Waals surface area contributed by atoms with Gasteiger partial charge < -0.3 is 10.8 Å². The van der Waals surface area contributed by atoms with Crippen molar-refractivity contribution >= 4 is 11.9 Å². The van der Waals surface area contributed by atoms with Gasteiger partial charge in [0.2, 0.25) is 5.91 Å². The molecule has 0 bridgehead atoms. The zero-order valence-corrected chi connectivity index (χ0v) is 9.86. The van der Waals surface area contributed by atoms with Crippen LogP contribution >= 0.6 is 0 Å². The van der Waals surface area contributed by atoms with Crippen LogP contribution in [0.3, 0.4) is 0 Å². The van der Waals surface area contributed by atoms with Crippen LogP contribution in [0.5, 0.6) is 0 Å². The number of carbonyl (C=O) groups is 2. The van der Waals surface area contributed by atoms with E-state index in [1.807, 2.05) is 0 Å². The molecule has 92 valence electrons. The average molecular weight is 236 g/mol. The molecule has 0 radical (unpaired) electrons. The highest BCUT2D eigenvalue weighted by Gasteiger charge is 2.25. The number of aliphatic carboxylic acids is 1. The second-order valence-corrected chi connectivity index (χ2v) is 4.34. The molecule has 5 heteroatoms.